The van der Waals surface area contributed by atoms with Crippen molar-refractivity contribution in [1.29, 1.82) is 5.26 Å². The molecule has 1 unspecified atom stereocenters. The average molecular weight is 465 g/mol. The second-order valence-corrected chi connectivity index (χ2v) is 8.75. The van der Waals surface area contributed by atoms with Gasteiger partial charge < -0.3 is 16.4 Å². The predicted molar refractivity (Wildman–Crippen MR) is 123 cm³/mol. The van der Waals surface area contributed by atoms with Crippen molar-refractivity contribution in [3.05, 3.63) is 76.5 Å². The predicted octanol–water partition coefficient (Wildman–Crippen LogP) is 3.39. The molecular formula is C25H26F2N6O. The molecule has 2 heterocycles. The van der Waals surface area contributed by atoms with Crippen molar-refractivity contribution in [2.75, 3.05) is 13.1 Å². The van der Waals surface area contributed by atoms with Crippen molar-refractivity contribution in [3.8, 4) is 6.07 Å². The quantitative estimate of drug-likeness (QED) is 0.699. The van der Waals surface area contributed by atoms with E-state index in [1.165, 1.54) is 18.3 Å². The van der Waals surface area contributed by atoms with E-state index in [0.29, 0.717) is 49.3 Å². The maximum Gasteiger partial charge on any atom is 0.274 e. The van der Waals surface area contributed by atoms with Crippen LogP contribution in [0.2, 0.25) is 0 Å². The Morgan fingerprint density at radius 3 is 2.68 bits per heavy atom. The maximum absolute atomic E-state index is 14.2. The number of halogens is 2. The number of nitriles is 1. The summed E-state index contributed by atoms with van der Waals surface area (Å²) in [5.74, 6) is -1.91. The Bertz CT molecular complexity index is 1210. The first-order valence-electron chi connectivity index (χ1n) is 11.2. The van der Waals surface area contributed by atoms with E-state index in [0.717, 1.165) is 18.6 Å². The third-order valence-corrected chi connectivity index (χ3v) is 6.79. The highest BCUT2D eigenvalue weighted by Gasteiger charge is 2.40. The number of likely N-dealkylation sites (tertiary alicyclic amines) is 1. The zero-order valence-corrected chi connectivity index (χ0v) is 18.9. The standard InChI is InChI=1S/C25H26F2N6O/c1-2-25(21-12-31-11-20(32-21)24(34)33-13-15(10-28)14-33)8-4-5-16(23(25)30)9-19(29)22-17(26)6-3-7-18(22)27/h3,6-7,9,11-12,15H,2,4-5,8,13-14,29-30H2,1H3/b19-9-. The summed E-state index contributed by atoms with van der Waals surface area (Å²) in [4.78, 5) is 23.2. The number of benzene rings is 1. The summed E-state index contributed by atoms with van der Waals surface area (Å²) < 4.78 is 28.4. The number of nitrogens with zero attached hydrogens (tertiary/aromatic N) is 4. The first-order chi connectivity index (χ1) is 16.3. The number of amides is 1. The van der Waals surface area contributed by atoms with Gasteiger partial charge in [0.2, 0.25) is 0 Å². The van der Waals surface area contributed by atoms with Crippen LogP contribution in [0.3, 0.4) is 0 Å². The molecule has 1 saturated heterocycles. The molecule has 9 heteroatoms. The maximum atomic E-state index is 14.2. The Hall–Kier alpha value is -3.80. The molecule has 1 aliphatic heterocycles. The van der Waals surface area contributed by atoms with Crippen LogP contribution in [-0.2, 0) is 5.41 Å². The van der Waals surface area contributed by atoms with Gasteiger partial charge in [-0.25, -0.2) is 13.8 Å². The number of nitrogens with two attached hydrogens (primary N) is 2. The molecule has 1 aromatic carbocycles. The molecule has 0 saturated carbocycles. The lowest BCUT2D eigenvalue weighted by molar-refractivity contribution is 0.0570. The second-order valence-electron chi connectivity index (χ2n) is 8.75. The number of aromatic nitrogens is 2. The molecule has 4 N–H and O–H groups in total. The zero-order chi connectivity index (χ0) is 24.5. The van der Waals surface area contributed by atoms with Crippen molar-refractivity contribution in [2.45, 2.75) is 38.0 Å². The van der Waals surface area contributed by atoms with Gasteiger partial charge in [-0.05, 0) is 49.5 Å². The molecule has 4 rings (SSSR count). The Kier molecular flexibility index (Phi) is 6.33. The van der Waals surface area contributed by atoms with E-state index < -0.39 is 17.0 Å². The van der Waals surface area contributed by atoms with E-state index in [-0.39, 0.29) is 28.8 Å². The van der Waals surface area contributed by atoms with Crippen molar-refractivity contribution >= 4 is 11.6 Å². The van der Waals surface area contributed by atoms with E-state index in [1.54, 1.807) is 11.1 Å². The lowest BCUT2D eigenvalue weighted by Crippen LogP contribution is -2.49. The molecule has 7 nitrogen and oxygen atoms in total. The summed E-state index contributed by atoms with van der Waals surface area (Å²) in [5.41, 5.74) is 13.7. The number of rotatable bonds is 5. The van der Waals surface area contributed by atoms with E-state index in [9.17, 15) is 13.6 Å². The van der Waals surface area contributed by atoms with Gasteiger partial charge in [0.05, 0.1) is 34.9 Å². The van der Waals surface area contributed by atoms with E-state index in [4.69, 9.17) is 16.7 Å². The van der Waals surface area contributed by atoms with E-state index >= 15 is 0 Å². The molecule has 176 valence electrons. The van der Waals surface area contributed by atoms with Gasteiger partial charge in [0.15, 0.2) is 0 Å². The van der Waals surface area contributed by atoms with E-state index in [1.807, 2.05) is 6.92 Å². The number of hydrogen-bond donors (Lipinski definition) is 2. The third kappa shape index (κ3) is 4.00. The largest absolute Gasteiger partial charge is 0.401 e. The second kappa shape index (κ2) is 9.21. The van der Waals surface area contributed by atoms with E-state index in [2.05, 4.69) is 16.0 Å². The SMILES string of the molecule is CCC1(c2cncc(C(=O)N3CC(C#N)C3)n2)CCCC(/C=C(\N)c2c(F)cccc2F)=C1N. The van der Waals surface area contributed by atoms with Gasteiger partial charge in [-0.15, -0.1) is 0 Å². The highest BCUT2D eigenvalue weighted by molar-refractivity contribution is 5.92. The normalized spacial score (nSPS) is 21.2. The van der Waals surface area contributed by atoms with Crippen molar-refractivity contribution in [2.24, 2.45) is 17.4 Å². The van der Waals surface area contributed by atoms with Crippen LogP contribution in [0.4, 0.5) is 8.78 Å². The highest BCUT2D eigenvalue weighted by atomic mass is 19.1. The van der Waals surface area contributed by atoms with Crippen LogP contribution in [0.25, 0.3) is 5.70 Å². The van der Waals surface area contributed by atoms with Crippen molar-refractivity contribution in [3.63, 3.8) is 0 Å². The smallest absolute Gasteiger partial charge is 0.274 e. The van der Waals surface area contributed by atoms with Crippen LogP contribution in [-0.4, -0.2) is 33.9 Å². The fourth-order valence-electron chi connectivity index (χ4n) is 4.74. The highest BCUT2D eigenvalue weighted by Crippen LogP contribution is 2.43. The molecule has 0 radical (unpaired) electrons. The molecule has 1 aromatic heterocycles. The van der Waals surface area contributed by atoms with Gasteiger partial charge >= 0.3 is 0 Å². The Morgan fingerprint density at radius 2 is 2.03 bits per heavy atom. The first-order valence-corrected chi connectivity index (χ1v) is 11.2. The van der Waals surface area contributed by atoms with Crippen LogP contribution in [0.5, 0.6) is 0 Å². The molecule has 1 atom stereocenters. The Morgan fingerprint density at radius 1 is 1.32 bits per heavy atom. The molecule has 1 fully saturated rings. The van der Waals surface area contributed by atoms with Gasteiger partial charge in [-0.2, -0.15) is 5.26 Å². The van der Waals surface area contributed by atoms with Crippen molar-refractivity contribution < 1.29 is 13.6 Å². The minimum Gasteiger partial charge on any atom is -0.401 e. The minimum atomic E-state index is -0.743. The van der Waals surface area contributed by atoms with Gasteiger partial charge in [-0.1, -0.05) is 13.0 Å². The average Bonchev–Trinajstić information content (AvgIpc) is 2.80. The Labute approximate surface area is 196 Å². The summed E-state index contributed by atoms with van der Waals surface area (Å²) in [5, 5.41) is 8.97. The molecule has 1 amide bonds. The molecule has 34 heavy (non-hydrogen) atoms. The summed E-state index contributed by atoms with van der Waals surface area (Å²) in [6.45, 7) is 2.73. The van der Waals surface area contributed by atoms with Gasteiger partial charge in [0, 0.05) is 30.7 Å². The molecule has 0 spiro atoms. The third-order valence-electron chi connectivity index (χ3n) is 6.79. The summed E-state index contributed by atoms with van der Waals surface area (Å²) in [7, 11) is 0. The molecular weight excluding hydrogens is 438 g/mol. The fraction of sp³-hybridized carbons (Fsp3) is 0.360. The fourth-order valence-corrected chi connectivity index (χ4v) is 4.74. The van der Waals surface area contributed by atoms with Crippen LogP contribution < -0.4 is 11.5 Å². The topological polar surface area (TPSA) is 122 Å². The molecule has 2 aromatic rings. The molecule has 0 bridgehead atoms. The Balaban J connectivity index is 1.71. The van der Waals surface area contributed by atoms with Crippen molar-refractivity contribution in [1.82, 2.24) is 14.9 Å². The van der Waals surface area contributed by atoms with Gasteiger partial charge in [-0.3, -0.25) is 9.78 Å². The lowest BCUT2D eigenvalue weighted by atomic mass is 9.69. The number of allylic oxidation sites excluding steroid dienone is 3. The summed E-state index contributed by atoms with van der Waals surface area (Å²) in [6.07, 6.45) is 7.18. The number of carbonyl (C=O) groups is 1. The zero-order valence-electron chi connectivity index (χ0n) is 18.9. The monoisotopic (exact) mass is 464 g/mol. The minimum absolute atomic E-state index is 0.0414. The number of carbonyl (C=O) groups excluding carboxylic acids is 1. The van der Waals surface area contributed by atoms with Gasteiger partial charge in [0.25, 0.3) is 5.91 Å². The number of hydrogen-bond acceptors (Lipinski definition) is 6. The van der Waals surface area contributed by atoms with Gasteiger partial charge in [0.1, 0.15) is 17.3 Å². The van der Waals surface area contributed by atoms with Crippen LogP contribution in [0, 0.1) is 28.9 Å². The van der Waals surface area contributed by atoms with Crippen LogP contribution >= 0.6 is 0 Å². The molecule has 1 aliphatic carbocycles. The first kappa shape index (κ1) is 23.4. The summed E-state index contributed by atoms with van der Waals surface area (Å²) >= 11 is 0. The summed E-state index contributed by atoms with van der Waals surface area (Å²) in [6, 6.07) is 5.74. The molecule has 2 aliphatic rings. The lowest BCUT2D eigenvalue weighted by Gasteiger charge is -2.38. The van der Waals surface area contributed by atoms with Crippen LogP contribution in [0.15, 0.2) is 47.9 Å². The van der Waals surface area contributed by atoms with Crippen LogP contribution in [0.1, 0.15) is 54.4 Å².